The Labute approximate surface area is 177 Å². The van der Waals surface area contributed by atoms with E-state index in [0.29, 0.717) is 36.2 Å². The Morgan fingerprint density at radius 2 is 1.93 bits per heavy atom. The molecule has 0 radical (unpaired) electrons. The minimum atomic E-state index is 0.567. The summed E-state index contributed by atoms with van der Waals surface area (Å²) in [7, 11) is 0. The smallest absolute Gasteiger partial charge is 0.228 e. The lowest BCUT2D eigenvalue weighted by atomic mass is 10.1. The first kappa shape index (κ1) is 19.4. The Kier molecular flexibility index (Phi) is 5.73. The number of morpholine rings is 1. The Balaban J connectivity index is 1.73. The Morgan fingerprint density at radius 1 is 1.10 bits per heavy atom. The molecule has 8 heteroatoms. The van der Waals surface area contributed by atoms with Gasteiger partial charge >= 0.3 is 0 Å². The number of aromatic nitrogens is 2. The van der Waals surface area contributed by atoms with E-state index >= 15 is 0 Å². The molecule has 1 aromatic heterocycles. The van der Waals surface area contributed by atoms with Crippen molar-refractivity contribution in [2.45, 2.75) is 0 Å². The molecule has 0 spiro atoms. The third-order valence-electron chi connectivity index (χ3n) is 4.64. The van der Waals surface area contributed by atoms with Crippen LogP contribution in [0.5, 0.6) is 0 Å². The fourth-order valence-corrected chi connectivity index (χ4v) is 3.52. The van der Waals surface area contributed by atoms with Gasteiger partial charge in [0.1, 0.15) is 5.82 Å². The largest absolute Gasteiger partial charge is 0.398 e. The van der Waals surface area contributed by atoms with Gasteiger partial charge in [-0.05, 0) is 30.3 Å². The molecule has 0 unspecified atom stereocenters. The minimum Gasteiger partial charge on any atom is -0.398 e. The van der Waals surface area contributed by atoms with Gasteiger partial charge in [-0.15, -0.1) is 0 Å². The average Bonchev–Trinajstić information content (AvgIpc) is 2.75. The van der Waals surface area contributed by atoms with Crippen molar-refractivity contribution >= 4 is 45.3 Å². The number of nitrogens with zero attached hydrogens (tertiary/aromatic N) is 3. The van der Waals surface area contributed by atoms with Crippen molar-refractivity contribution in [3.05, 3.63) is 58.6 Å². The lowest BCUT2D eigenvalue weighted by Crippen LogP contribution is -2.37. The zero-order valence-electron chi connectivity index (χ0n) is 15.7. The quantitative estimate of drug-likeness (QED) is 0.398. The van der Waals surface area contributed by atoms with Crippen LogP contribution in [0.4, 0.5) is 23.1 Å². The fraction of sp³-hybridized carbons (Fsp3) is 0.190. The monoisotopic (exact) mass is 452 g/mol. The number of nitrogens with two attached hydrogens (primary N) is 1. The molecule has 7 nitrogen and oxygen atoms in total. The maximum atomic E-state index is 7.51. The molecule has 0 saturated carbocycles. The maximum Gasteiger partial charge on any atom is 0.228 e. The van der Waals surface area contributed by atoms with Crippen LogP contribution < -0.4 is 16.0 Å². The number of ether oxygens (including phenoxy) is 1. The molecule has 29 heavy (non-hydrogen) atoms. The van der Waals surface area contributed by atoms with Gasteiger partial charge in [-0.1, -0.05) is 28.1 Å². The second kappa shape index (κ2) is 8.59. The summed E-state index contributed by atoms with van der Waals surface area (Å²) in [5.41, 5.74) is 9.76. The summed E-state index contributed by atoms with van der Waals surface area (Å²) in [6.45, 7) is 2.82. The second-order valence-electron chi connectivity index (χ2n) is 6.66. The highest BCUT2D eigenvalue weighted by Crippen LogP contribution is 2.28. The molecular formula is C21H21BrN6O. The lowest BCUT2D eigenvalue weighted by Gasteiger charge is -2.27. The van der Waals surface area contributed by atoms with Crippen molar-refractivity contribution in [1.29, 1.82) is 5.41 Å². The minimum absolute atomic E-state index is 0.567. The number of nitrogens with one attached hydrogen (secondary N) is 2. The third kappa shape index (κ3) is 4.55. The van der Waals surface area contributed by atoms with Crippen LogP contribution in [-0.4, -0.2) is 42.5 Å². The summed E-state index contributed by atoms with van der Waals surface area (Å²) in [5.74, 6) is 1.34. The number of rotatable bonds is 5. The first-order chi connectivity index (χ1) is 14.1. The Hall–Kier alpha value is -2.97. The van der Waals surface area contributed by atoms with Crippen LogP contribution in [0.1, 0.15) is 5.56 Å². The number of halogens is 1. The first-order valence-corrected chi connectivity index (χ1v) is 10.1. The van der Waals surface area contributed by atoms with Gasteiger partial charge in [0, 0.05) is 52.3 Å². The van der Waals surface area contributed by atoms with Crippen LogP contribution >= 0.6 is 15.9 Å². The van der Waals surface area contributed by atoms with E-state index in [1.54, 1.807) is 6.07 Å². The molecule has 0 atom stereocenters. The molecule has 1 aliphatic rings. The maximum absolute atomic E-state index is 7.51. The molecule has 1 fully saturated rings. The summed E-state index contributed by atoms with van der Waals surface area (Å²) < 4.78 is 6.45. The zero-order chi connectivity index (χ0) is 20.2. The molecular weight excluding hydrogens is 432 g/mol. The zero-order valence-corrected chi connectivity index (χ0v) is 17.3. The molecule has 4 rings (SSSR count). The van der Waals surface area contributed by atoms with Gasteiger partial charge in [0.25, 0.3) is 0 Å². The van der Waals surface area contributed by atoms with E-state index in [0.717, 1.165) is 34.5 Å². The second-order valence-corrected chi connectivity index (χ2v) is 7.58. The van der Waals surface area contributed by atoms with Gasteiger partial charge in [0.2, 0.25) is 5.95 Å². The van der Waals surface area contributed by atoms with Crippen LogP contribution in [0.2, 0.25) is 0 Å². The third-order valence-corrected chi connectivity index (χ3v) is 5.14. The number of hydrogen-bond donors (Lipinski definition) is 3. The highest BCUT2D eigenvalue weighted by atomic mass is 79.9. The molecule has 0 amide bonds. The number of hydrogen-bond acceptors (Lipinski definition) is 7. The van der Waals surface area contributed by atoms with Crippen molar-refractivity contribution in [2.24, 2.45) is 0 Å². The van der Waals surface area contributed by atoms with Crippen molar-refractivity contribution < 1.29 is 4.74 Å². The van der Waals surface area contributed by atoms with Gasteiger partial charge in [0.05, 0.1) is 18.9 Å². The van der Waals surface area contributed by atoms with Crippen molar-refractivity contribution in [2.75, 3.05) is 42.3 Å². The molecule has 148 valence electrons. The van der Waals surface area contributed by atoms with Crippen LogP contribution in [-0.2, 0) is 4.74 Å². The fourth-order valence-electron chi connectivity index (χ4n) is 3.12. The van der Waals surface area contributed by atoms with Crippen molar-refractivity contribution in [3.8, 4) is 11.3 Å². The SMILES string of the molecule is N=Cc1cc(Nc2cc(-c3cccc(Br)c3)nc(N3CCOCC3)n2)ccc1N. The topological polar surface area (TPSA) is 100 Å². The average molecular weight is 453 g/mol. The van der Waals surface area contributed by atoms with Crippen LogP contribution in [0, 0.1) is 5.41 Å². The van der Waals surface area contributed by atoms with E-state index in [4.69, 9.17) is 25.8 Å². The summed E-state index contributed by atoms with van der Waals surface area (Å²) in [6, 6.07) is 15.4. The normalized spacial score (nSPS) is 13.9. The molecule has 0 aliphatic carbocycles. The molecule has 1 saturated heterocycles. The van der Waals surface area contributed by atoms with Gasteiger partial charge in [0.15, 0.2) is 0 Å². The van der Waals surface area contributed by atoms with Crippen molar-refractivity contribution in [3.63, 3.8) is 0 Å². The van der Waals surface area contributed by atoms with Crippen LogP contribution in [0.15, 0.2) is 53.0 Å². The number of benzene rings is 2. The van der Waals surface area contributed by atoms with Crippen molar-refractivity contribution in [1.82, 2.24) is 9.97 Å². The predicted octanol–water partition coefficient (Wildman–Crippen LogP) is 4.07. The molecule has 3 aromatic rings. The summed E-state index contributed by atoms with van der Waals surface area (Å²) >= 11 is 3.53. The Bertz CT molecular complexity index is 1040. The molecule has 4 N–H and O–H groups in total. The summed E-state index contributed by atoms with van der Waals surface area (Å²) in [6.07, 6.45) is 1.24. The van der Waals surface area contributed by atoms with E-state index in [-0.39, 0.29) is 0 Å². The number of nitrogen functional groups attached to an aromatic ring is 1. The highest BCUT2D eigenvalue weighted by Gasteiger charge is 2.17. The van der Waals surface area contributed by atoms with E-state index < -0.39 is 0 Å². The highest BCUT2D eigenvalue weighted by molar-refractivity contribution is 9.10. The molecule has 2 heterocycles. The lowest BCUT2D eigenvalue weighted by molar-refractivity contribution is 0.122. The molecule has 1 aliphatic heterocycles. The molecule has 0 bridgehead atoms. The molecule has 2 aromatic carbocycles. The van der Waals surface area contributed by atoms with Gasteiger partial charge in [-0.25, -0.2) is 4.98 Å². The Morgan fingerprint density at radius 3 is 2.69 bits per heavy atom. The first-order valence-electron chi connectivity index (χ1n) is 9.27. The predicted molar refractivity (Wildman–Crippen MR) is 120 cm³/mol. The van der Waals surface area contributed by atoms with E-state index in [1.165, 1.54) is 6.21 Å². The van der Waals surface area contributed by atoms with Gasteiger partial charge in [-0.3, -0.25) is 0 Å². The standard InChI is InChI=1S/C21H21BrN6O/c22-16-3-1-2-14(10-16)19-12-20(25-17-4-5-18(24)15(11-17)13-23)27-21(26-19)28-6-8-29-9-7-28/h1-5,10-13,23H,6-9,24H2,(H,25,26,27). The van der Waals surface area contributed by atoms with Crippen LogP contribution in [0.25, 0.3) is 11.3 Å². The van der Waals surface area contributed by atoms with E-state index in [2.05, 4.69) is 26.1 Å². The van der Waals surface area contributed by atoms with Gasteiger partial charge in [-0.2, -0.15) is 4.98 Å². The van der Waals surface area contributed by atoms with E-state index in [1.807, 2.05) is 42.5 Å². The number of anilines is 4. The van der Waals surface area contributed by atoms with Gasteiger partial charge < -0.3 is 26.1 Å². The van der Waals surface area contributed by atoms with Crippen LogP contribution in [0.3, 0.4) is 0 Å². The van der Waals surface area contributed by atoms with E-state index in [9.17, 15) is 0 Å². The summed E-state index contributed by atoms with van der Waals surface area (Å²) in [4.78, 5) is 11.7. The summed E-state index contributed by atoms with van der Waals surface area (Å²) in [5, 5.41) is 10.8.